The molecule has 0 aliphatic heterocycles. The van der Waals surface area contributed by atoms with Gasteiger partial charge in [-0.2, -0.15) is 0 Å². The van der Waals surface area contributed by atoms with Gasteiger partial charge in [0.15, 0.2) is 0 Å². The van der Waals surface area contributed by atoms with Crippen molar-refractivity contribution in [1.29, 1.82) is 0 Å². The molecule has 5 rings (SSSR count). The molecule has 0 bridgehead atoms. The number of aliphatic hydroxyl groups excluding tert-OH is 1. The minimum Gasteiger partial charge on any atom is -0.490 e. The summed E-state index contributed by atoms with van der Waals surface area (Å²) in [5.74, 6) is 0.0105. The fourth-order valence-corrected chi connectivity index (χ4v) is 4.92. The van der Waals surface area contributed by atoms with Gasteiger partial charge >= 0.3 is 0 Å². The lowest BCUT2D eigenvalue weighted by atomic mass is 9.94. The molecule has 0 unspecified atom stereocenters. The van der Waals surface area contributed by atoms with Crippen molar-refractivity contribution in [3.8, 4) is 5.75 Å². The quantitative estimate of drug-likeness (QED) is 0.138. The third kappa shape index (κ3) is 6.97. The zero-order valence-corrected chi connectivity index (χ0v) is 23.8. The lowest BCUT2D eigenvalue weighted by Gasteiger charge is -2.28. The number of carbonyl (C=O) groups excluding carboxylic acids is 2. The van der Waals surface area contributed by atoms with E-state index in [2.05, 4.69) is 35.5 Å². The fraction of sp³-hybridized carbons (Fsp3) is 0.235. The molecule has 216 valence electrons. The molecule has 0 radical (unpaired) electrons. The maximum atomic E-state index is 12.6. The van der Waals surface area contributed by atoms with Crippen LogP contribution >= 0.6 is 0 Å². The number of benzene rings is 4. The van der Waals surface area contributed by atoms with E-state index in [-0.39, 0.29) is 18.1 Å². The van der Waals surface area contributed by atoms with E-state index in [1.165, 1.54) is 0 Å². The standard InChI is InChI=1S/C34H36N4O4/c1-34(2,19-18-22-10-12-24(13-11-22)33(41)37-25-16-14-23(15-17-25)32(35)40)36-20-26(39)21-42-30-9-5-8-29-31(30)27-6-3-4-7-28(27)38-29/h3-17,26,36,38-39H,18-21H2,1-2H3,(H2,35,40)(H,37,41)/t26-/m0/s1. The molecular weight excluding hydrogens is 528 g/mol. The van der Waals surface area contributed by atoms with Crippen molar-refractivity contribution >= 4 is 39.3 Å². The number of fused-ring (bicyclic) bond motifs is 3. The molecule has 5 aromatic rings. The molecule has 2 amide bonds. The Morgan fingerprint density at radius 3 is 2.33 bits per heavy atom. The average Bonchev–Trinajstić information content (AvgIpc) is 3.38. The van der Waals surface area contributed by atoms with E-state index in [1.54, 1.807) is 36.4 Å². The summed E-state index contributed by atoms with van der Waals surface area (Å²) in [7, 11) is 0. The van der Waals surface area contributed by atoms with E-state index in [0.29, 0.717) is 23.4 Å². The van der Waals surface area contributed by atoms with E-state index in [1.807, 2.05) is 48.5 Å². The Hall–Kier alpha value is -4.66. The number of hydrogen-bond donors (Lipinski definition) is 5. The third-order valence-corrected chi connectivity index (χ3v) is 7.42. The molecule has 1 atom stereocenters. The number of aromatic nitrogens is 1. The van der Waals surface area contributed by atoms with Crippen LogP contribution in [0.25, 0.3) is 21.8 Å². The van der Waals surface area contributed by atoms with Crippen LogP contribution in [-0.2, 0) is 6.42 Å². The number of hydrogen-bond acceptors (Lipinski definition) is 5. The van der Waals surface area contributed by atoms with Crippen LogP contribution in [-0.4, -0.2) is 46.7 Å². The summed E-state index contributed by atoms with van der Waals surface area (Å²) >= 11 is 0. The second-order valence-corrected chi connectivity index (χ2v) is 11.2. The number of β-amino-alcohol motifs (C(OH)–C–C–N with tert-alkyl or cyclic N) is 1. The van der Waals surface area contributed by atoms with Crippen molar-refractivity contribution in [2.24, 2.45) is 5.73 Å². The Morgan fingerprint density at radius 1 is 0.905 bits per heavy atom. The number of nitrogens with one attached hydrogen (secondary N) is 3. The first kappa shape index (κ1) is 28.9. The number of primary amides is 1. The van der Waals surface area contributed by atoms with E-state index in [4.69, 9.17) is 10.5 Å². The predicted octanol–water partition coefficient (Wildman–Crippen LogP) is 5.41. The molecule has 0 spiro atoms. The minimum absolute atomic E-state index is 0.181. The Bertz CT molecular complexity index is 1690. The third-order valence-electron chi connectivity index (χ3n) is 7.42. The van der Waals surface area contributed by atoms with Crippen LogP contribution in [0.2, 0.25) is 0 Å². The van der Waals surface area contributed by atoms with Crippen molar-refractivity contribution in [3.05, 3.63) is 108 Å². The van der Waals surface area contributed by atoms with Gasteiger partial charge in [0.05, 0.1) is 5.52 Å². The number of aliphatic hydroxyl groups is 1. The molecule has 1 heterocycles. The summed E-state index contributed by atoms with van der Waals surface area (Å²) in [6, 6.07) is 28.0. The van der Waals surface area contributed by atoms with Gasteiger partial charge in [-0.15, -0.1) is 0 Å². The Balaban J connectivity index is 1.08. The van der Waals surface area contributed by atoms with Crippen molar-refractivity contribution in [2.75, 3.05) is 18.5 Å². The van der Waals surface area contributed by atoms with Crippen molar-refractivity contribution in [2.45, 2.75) is 38.3 Å². The van der Waals surface area contributed by atoms with E-state index in [9.17, 15) is 14.7 Å². The Labute approximate surface area is 244 Å². The fourth-order valence-electron chi connectivity index (χ4n) is 4.92. The zero-order valence-electron chi connectivity index (χ0n) is 23.8. The average molecular weight is 565 g/mol. The molecule has 8 heteroatoms. The van der Waals surface area contributed by atoms with Crippen LogP contribution in [0.15, 0.2) is 91.0 Å². The van der Waals surface area contributed by atoms with Crippen molar-refractivity contribution in [3.63, 3.8) is 0 Å². The molecule has 0 fully saturated rings. The number of nitrogens with two attached hydrogens (primary N) is 1. The molecule has 0 aliphatic carbocycles. The van der Waals surface area contributed by atoms with Gasteiger partial charge in [0.1, 0.15) is 18.5 Å². The van der Waals surface area contributed by atoms with Gasteiger partial charge in [-0.3, -0.25) is 9.59 Å². The van der Waals surface area contributed by atoms with Crippen molar-refractivity contribution in [1.82, 2.24) is 10.3 Å². The predicted molar refractivity (Wildman–Crippen MR) is 167 cm³/mol. The summed E-state index contributed by atoms with van der Waals surface area (Å²) in [5, 5.41) is 19.1. The number of aryl methyl sites for hydroxylation is 1. The largest absolute Gasteiger partial charge is 0.490 e. The number of amides is 2. The lowest BCUT2D eigenvalue weighted by molar-refractivity contribution is 0.0989. The Kier molecular flexibility index (Phi) is 8.56. The Morgan fingerprint density at radius 2 is 1.60 bits per heavy atom. The maximum absolute atomic E-state index is 12.6. The zero-order chi connectivity index (χ0) is 29.7. The first-order chi connectivity index (χ1) is 20.2. The van der Waals surface area contributed by atoms with E-state index >= 15 is 0 Å². The minimum atomic E-state index is -0.672. The van der Waals surface area contributed by atoms with E-state index < -0.39 is 12.0 Å². The van der Waals surface area contributed by atoms with Crippen LogP contribution in [0.1, 0.15) is 46.5 Å². The maximum Gasteiger partial charge on any atom is 0.255 e. The van der Waals surface area contributed by atoms with Gasteiger partial charge in [0.2, 0.25) is 5.91 Å². The molecule has 1 aromatic heterocycles. The summed E-state index contributed by atoms with van der Waals surface area (Å²) in [4.78, 5) is 27.2. The van der Waals surface area contributed by atoms with Gasteiger partial charge < -0.3 is 31.2 Å². The summed E-state index contributed by atoms with van der Waals surface area (Å²) < 4.78 is 6.06. The highest BCUT2D eigenvalue weighted by atomic mass is 16.5. The number of para-hydroxylation sites is 1. The first-order valence-corrected chi connectivity index (χ1v) is 14.0. The monoisotopic (exact) mass is 564 g/mol. The van der Waals surface area contributed by atoms with Crippen molar-refractivity contribution < 1.29 is 19.4 Å². The summed E-state index contributed by atoms with van der Waals surface area (Å²) in [6.45, 7) is 4.80. The normalized spacial score (nSPS) is 12.4. The van der Waals surface area contributed by atoms with Crippen LogP contribution in [0, 0.1) is 0 Å². The van der Waals surface area contributed by atoms with Gasteiger partial charge in [-0.05, 0) is 86.8 Å². The molecule has 0 saturated carbocycles. The molecule has 8 nitrogen and oxygen atoms in total. The summed E-state index contributed by atoms with van der Waals surface area (Å²) in [6.07, 6.45) is 0.980. The van der Waals surface area contributed by atoms with Gasteiger partial charge in [-0.25, -0.2) is 0 Å². The number of rotatable bonds is 12. The highest BCUT2D eigenvalue weighted by Gasteiger charge is 2.19. The molecular formula is C34H36N4O4. The van der Waals surface area contributed by atoms with Crippen LogP contribution in [0.4, 0.5) is 5.69 Å². The number of aromatic amines is 1. The summed E-state index contributed by atoms with van der Waals surface area (Å²) in [5.41, 5.74) is 9.74. The number of H-pyrrole nitrogens is 1. The topological polar surface area (TPSA) is 129 Å². The van der Waals surface area contributed by atoms with E-state index in [0.717, 1.165) is 46.0 Å². The molecule has 4 aromatic carbocycles. The molecule has 42 heavy (non-hydrogen) atoms. The van der Waals surface area contributed by atoms with Gasteiger partial charge in [-0.1, -0.05) is 36.4 Å². The van der Waals surface area contributed by atoms with Gasteiger partial charge in [0.25, 0.3) is 5.91 Å². The SMILES string of the molecule is CC(C)(CCc1ccc(C(=O)Nc2ccc(C(N)=O)cc2)cc1)NC[C@H](O)COc1cccc2[nH]c3ccccc3c12. The van der Waals surface area contributed by atoms with Crippen LogP contribution < -0.4 is 21.1 Å². The van der Waals surface area contributed by atoms with Gasteiger partial charge in [0, 0.05) is 45.2 Å². The second kappa shape index (κ2) is 12.5. The highest BCUT2D eigenvalue weighted by molar-refractivity contribution is 6.10. The first-order valence-electron chi connectivity index (χ1n) is 14.0. The smallest absolute Gasteiger partial charge is 0.255 e. The molecule has 0 saturated heterocycles. The number of ether oxygens (including phenoxy) is 1. The second-order valence-electron chi connectivity index (χ2n) is 11.2. The van der Waals surface area contributed by atoms with Crippen LogP contribution in [0.5, 0.6) is 5.75 Å². The number of anilines is 1. The van der Waals surface area contributed by atoms with Crippen LogP contribution in [0.3, 0.4) is 0 Å². The molecule has 0 aliphatic rings. The lowest BCUT2D eigenvalue weighted by Crippen LogP contribution is -2.45. The highest BCUT2D eigenvalue weighted by Crippen LogP contribution is 2.33. The number of carbonyl (C=O) groups is 2. The molecule has 6 N–H and O–H groups in total.